The minimum absolute atomic E-state index is 0.162. The smallest absolute Gasteiger partial charge is 0.407 e. The molecule has 2 N–H and O–H groups in total. The van der Waals surface area contributed by atoms with Crippen molar-refractivity contribution in [3.05, 3.63) is 17.5 Å². The van der Waals surface area contributed by atoms with Gasteiger partial charge < -0.3 is 15.1 Å². The van der Waals surface area contributed by atoms with Gasteiger partial charge in [0.15, 0.2) is 0 Å². The fourth-order valence-corrected chi connectivity index (χ4v) is 4.99. The van der Waals surface area contributed by atoms with E-state index >= 15 is 0 Å². The predicted molar refractivity (Wildman–Crippen MR) is 93.6 cm³/mol. The van der Waals surface area contributed by atoms with E-state index in [9.17, 15) is 19.8 Å². The summed E-state index contributed by atoms with van der Waals surface area (Å²) in [5.74, 6) is -0.162. The van der Waals surface area contributed by atoms with Crippen molar-refractivity contribution in [1.82, 2.24) is 14.7 Å². The fraction of sp³-hybridized carbons (Fsp3) is 0.667. The lowest BCUT2D eigenvalue weighted by molar-refractivity contribution is -0.133. The van der Waals surface area contributed by atoms with Crippen LogP contribution in [-0.2, 0) is 7.05 Å². The first-order valence-electron chi connectivity index (χ1n) is 9.15. The highest BCUT2D eigenvalue weighted by Gasteiger charge is 2.56. The SMILES string of the molecule is Cn1cc2c(n1)C(=O)C(CC1(O)CCN(C(=O)O)CC13CCCC3)N=C2. The topological polar surface area (TPSA) is 108 Å². The van der Waals surface area contributed by atoms with Gasteiger partial charge >= 0.3 is 6.09 Å². The molecule has 1 saturated carbocycles. The van der Waals surface area contributed by atoms with Gasteiger partial charge in [0.2, 0.25) is 5.78 Å². The standard InChI is InChI=1S/C18H24N4O4/c1-21-10-12-9-19-13(15(23)14(12)20-21)8-18(26)6-7-22(16(24)25)11-17(18)4-2-3-5-17/h9-10,13,26H,2-8,11H2,1H3,(H,24,25). The number of carbonyl (C=O) groups excluding carboxylic acids is 1. The van der Waals surface area contributed by atoms with Crippen molar-refractivity contribution < 1.29 is 19.8 Å². The third kappa shape index (κ3) is 2.55. The van der Waals surface area contributed by atoms with Crippen LogP contribution in [0.4, 0.5) is 4.79 Å². The maximum absolute atomic E-state index is 12.8. The molecule has 2 fully saturated rings. The zero-order valence-electron chi connectivity index (χ0n) is 14.9. The second kappa shape index (κ2) is 5.90. The summed E-state index contributed by atoms with van der Waals surface area (Å²) < 4.78 is 1.59. The number of hydrogen-bond donors (Lipinski definition) is 2. The number of aliphatic hydroxyl groups is 1. The number of amides is 1. The van der Waals surface area contributed by atoms with Crippen molar-refractivity contribution in [3.8, 4) is 0 Å². The molecule has 140 valence electrons. The molecule has 3 aliphatic rings. The van der Waals surface area contributed by atoms with E-state index in [-0.39, 0.29) is 18.7 Å². The third-order valence-corrected chi connectivity index (χ3v) is 6.42. The Morgan fingerprint density at radius 3 is 2.77 bits per heavy atom. The van der Waals surface area contributed by atoms with Crippen LogP contribution in [-0.4, -0.2) is 67.7 Å². The lowest BCUT2D eigenvalue weighted by Crippen LogP contribution is -2.61. The number of Topliss-reactive ketones (excluding diaryl/α,β-unsaturated/α-hetero) is 1. The number of likely N-dealkylation sites (tertiary alicyclic amines) is 1. The normalized spacial score (nSPS) is 30.0. The molecule has 0 bridgehead atoms. The number of rotatable bonds is 2. The molecule has 3 heterocycles. The lowest BCUT2D eigenvalue weighted by Gasteiger charge is -2.52. The molecule has 4 rings (SSSR count). The highest BCUT2D eigenvalue weighted by Crippen LogP contribution is 2.53. The second-order valence-corrected chi connectivity index (χ2v) is 7.94. The Kier molecular flexibility index (Phi) is 3.91. The van der Waals surface area contributed by atoms with Crippen molar-refractivity contribution in [2.75, 3.05) is 13.1 Å². The minimum atomic E-state index is -1.08. The van der Waals surface area contributed by atoms with E-state index in [1.165, 1.54) is 4.90 Å². The van der Waals surface area contributed by atoms with E-state index in [0.29, 0.717) is 24.2 Å². The van der Waals surface area contributed by atoms with Gasteiger partial charge in [-0.3, -0.25) is 14.5 Å². The van der Waals surface area contributed by atoms with Crippen LogP contribution in [0.2, 0.25) is 0 Å². The highest BCUT2D eigenvalue weighted by atomic mass is 16.4. The van der Waals surface area contributed by atoms with Crippen LogP contribution >= 0.6 is 0 Å². The summed E-state index contributed by atoms with van der Waals surface area (Å²) in [6.45, 7) is 0.616. The number of aliphatic imine (C=N–C) groups is 1. The Hall–Kier alpha value is -2.22. The van der Waals surface area contributed by atoms with Crippen LogP contribution in [0, 0.1) is 5.41 Å². The number of nitrogens with zero attached hydrogens (tertiary/aromatic N) is 4. The van der Waals surface area contributed by atoms with Crippen molar-refractivity contribution in [2.45, 2.75) is 50.2 Å². The minimum Gasteiger partial charge on any atom is -0.465 e. The van der Waals surface area contributed by atoms with Gasteiger partial charge in [-0.05, 0) is 19.3 Å². The number of aromatic nitrogens is 2. The van der Waals surface area contributed by atoms with Gasteiger partial charge in [-0.25, -0.2) is 4.79 Å². The maximum Gasteiger partial charge on any atom is 0.407 e. The molecule has 1 amide bonds. The summed E-state index contributed by atoms with van der Waals surface area (Å²) in [5.41, 5.74) is -0.458. The number of fused-ring (bicyclic) bond motifs is 1. The highest BCUT2D eigenvalue weighted by molar-refractivity contribution is 6.08. The number of aryl methyl sites for hydroxylation is 1. The molecule has 0 aromatic carbocycles. The van der Waals surface area contributed by atoms with Crippen LogP contribution < -0.4 is 0 Å². The summed E-state index contributed by atoms with van der Waals surface area (Å²) in [6.07, 6.45) is 6.56. The van der Waals surface area contributed by atoms with E-state index in [1.807, 2.05) is 0 Å². The molecule has 1 spiro atoms. The molecule has 2 atom stereocenters. The van der Waals surface area contributed by atoms with Crippen LogP contribution in [0.25, 0.3) is 0 Å². The first kappa shape index (κ1) is 17.2. The van der Waals surface area contributed by atoms with Crippen molar-refractivity contribution in [2.24, 2.45) is 17.5 Å². The summed E-state index contributed by atoms with van der Waals surface area (Å²) in [7, 11) is 1.76. The van der Waals surface area contributed by atoms with Gasteiger partial charge in [0.1, 0.15) is 11.7 Å². The molecule has 8 nitrogen and oxygen atoms in total. The first-order chi connectivity index (χ1) is 12.3. The molecular weight excluding hydrogens is 336 g/mol. The quantitative estimate of drug-likeness (QED) is 0.830. The van der Waals surface area contributed by atoms with Gasteiger partial charge in [0.25, 0.3) is 0 Å². The average Bonchev–Trinajstić information content (AvgIpc) is 3.21. The summed E-state index contributed by atoms with van der Waals surface area (Å²) in [5, 5.41) is 25.2. The zero-order valence-corrected chi connectivity index (χ0v) is 14.9. The molecule has 8 heteroatoms. The van der Waals surface area contributed by atoms with Crippen LogP contribution in [0.5, 0.6) is 0 Å². The number of carbonyl (C=O) groups is 2. The fourth-order valence-electron chi connectivity index (χ4n) is 4.99. The van der Waals surface area contributed by atoms with E-state index < -0.39 is 23.2 Å². The molecule has 0 radical (unpaired) electrons. The average molecular weight is 360 g/mol. The van der Waals surface area contributed by atoms with Crippen molar-refractivity contribution in [1.29, 1.82) is 0 Å². The molecular formula is C18H24N4O4. The third-order valence-electron chi connectivity index (χ3n) is 6.42. The van der Waals surface area contributed by atoms with Crippen molar-refractivity contribution >= 4 is 18.1 Å². The van der Waals surface area contributed by atoms with E-state index in [2.05, 4.69) is 10.1 Å². The summed E-state index contributed by atoms with van der Waals surface area (Å²) in [6, 6.07) is -0.656. The Labute approximate surface area is 151 Å². The van der Waals surface area contributed by atoms with Gasteiger partial charge in [0.05, 0.1) is 5.60 Å². The Balaban J connectivity index is 1.60. The van der Waals surface area contributed by atoms with E-state index in [1.54, 1.807) is 24.1 Å². The first-order valence-corrected chi connectivity index (χ1v) is 9.15. The van der Waals surface area contributed by atoms with E-state index in [0.717, 1.165) is 25.7 Å². The molecule has 26 heavy (non-hydrogen) atoms. The van der Waals surface area contributed by atoms with E-state index in [4.69, 9.17) is 0 Å². The molecule has 1 aromatic rings. The summed E-state index contributed by atoms with van der Waals surface area (Å²) in [4.78, 5) is 30.1. The van der Waals surface area contributed by atoms with Gasteiger partial charge in [0, 0.05) is 49.9 Å². The molecule has 1 aliphatic carbocycles. The monoisotopic (exact) mass is 360 g/mol. The van der Waals surface area contributed by atoms with Gasteiger partial charge in [-0.15, -0.1) is 0 Å². The molecule has 1 saturated heterocycles. The number of carboxylic acid groups (broad SMARTS) is 1. The van der Waals surface area contributed by atoms with Crippen LogP contribution in [0.3, 0.4) is 0 Å². The largest absolute Gasteiger partial charge is 0.465 e. The lowest BCUT2D eigenvalue weighted by atomic mass is 9.63. The molecule has 2 aliphatic heterocycles. The Morgan fingerprint density at radius 1 is 1.35 bits per heavy atom. The number of ketones is 1. The number of piperidine rings is 1. The maximum atomic E-state index is 12.8. The van der Waals surface area contributed by atoms with Crippen LogP contribution in [0.15, 0.2) is 11.2 Å². The molecule has 1 aromatic heterocycles. The summed E-state index contributed by atoms with van der Waals surface area (Å²) >= 11 is 0. The van der Waals surface area contributed by atoms with Crippen molar-refractivity contribution in [3.63, 3.8) is 0 Å². The van der Waals surface area contributed by atoms with Gasteiger partial charge in [-0.1, -0.05) is 12.8 Å². The number of hydrogen-bond acceptors (Lipinski definition) is 5. The Bertz CT molecular complexity index is 780. The predicted octanol–water partition coefficient (Wildman–Crippen LogP) is 1.47. The Morgan fingerprint density at radius 2 is 2.08 bits per heavy atom. The van der Waals surface area contributed by atoms with Crippen LogP contribution in [0.1, 0.15) is 54.6 Å². The zero-order chi connectivity index (χ0) is 18.5. The van der Waals surface area contributed by atoms with Gasteiger partial charge in [-0.2, -0.15) is 5.10 Å². The second-order valence-electron chi connectivity index (χ2n) is 7.94. The molecule has 2 unspecified atom stereocenters.